The predicted octanol–water partition coefficient (Wildman–Crippen LogP) is 2.91. The van der Waals surface area contributed by atoms with Gasteiger partial charge in [0.05, 0.1) is 12.1 Å². The number of halogens is 1. The number of amides is 1. The molecule has 0 aliphatic carbocycles. The quantitative estimate of drug-likeness (QED) is 0.923. The van der Waals surface area contributed by atoms with Crippen LogP contribution in [-0.4, -0.2) is 35.5 Å². The summed E-state index contributed by atoms with van der Waals surface area (Å²) in [6, 6.07) is 10.2. The van der Waals surface area contributed by atoms with Crippen LogP contribution in [-0.2, 0) is 11.2 Å². The number of nitrogens with zero attached hydrogens (tertiary/aromatic N) is 2. The van der Waals surface area contributed by atoms with Crippen LogP contribution in [0.25, 0.3) is 0 Å². The summed E-state index contributed by atoms with van der Waals surface area (Å²) in [6.07, 6.45) is 5.66. The summed E-state index contributed by atoms with van der Waals surface area (Å²) < 4.78 is 0. The molecule has 3 atom stereocenters. The fourth-order valence-electron chi connectivity index (χ4n) is 3.60. The minimum atomic E-state index is -0.225. The van der Waals surface area contributed by atoms with Crippen molar-refractivity contribution in [3.8, 4) is 6.07 Å². The number of carbonyl (C=O) groups excluding carboxylic acids is 1. The Balaban J connectivity index is 1.49. The van der Waals surface area contributed by atoms with Crippen LogP contribution < -0.4 is 5.32 Å². The van der Waals surface area contributed by atoms with Crippen LogP contribution in [0, 0.1) is 11.3 Å². The van der Waals surface area contributed by atoms with Crippen molar-refractivity contribution in [3.05, 3.63) is 34.9 Å². The molecule has 1 unspecified atom stereocenters. The van der Waals surface area contributed by atoms with Crippen molar-refractivity contribution in [3.63, 3.8) is 0 Å². The molecule has 23 heavy (non-hydrogen) atoms. The van der Waals surface area contributed by atoms with E-state index in [4.69, 9.17) is 16.9 Å². The van der Waals surface area contributed by atoms with E-state index in [0.29, 0.717) is 6.04 Å². The summed E-state index contributed by atoms with van der Waals surface area (Å²) in [7, 11) is 0. The number of carbonyl (C=O) groups is 1. The van der Waals surface area contributed by atoms with Gasteiger partial charge in [0.2, 0.25) is 5.91 Å². The third kappa shape index (κ3) is 3.85. The number of aryl methyl sites for hydroxylation is 1. The third-order valence-corrected chi connectivity index (χ3v) is 5.17. The molecule has 3 rings (SSSR count). The maximum atomic E-state index is 12.6. The van der Waals surface area contributed by atoms with Crippen molar-refractivity contribution >= 4 is 17.5 Å². The molecule has 5 heteroatoms. The molecule has 122 valence electrons. The molecule has 1 aromatic carbocycles. The van der Waals surface area contributed by atoms with Gasteiger partial charge in [-0.2, -0.15) is 5.26 Å². The van der Waals surface area contributed by atoms with E-state index in [1.807, 2.05) is 12.1 Å². The fraction of sp³-hybridized carbons (Fsp3) is 0.556. The second kappa shape index (κ2) is 7.33. The molecule has 2 heterocycles. The lowest BCUT2D eigenvalue weighted by Crippen LogP contribution is -2.46. The molecule has 0 saturated carbocycles. The zero-order valence-corrected chi connectivity index (χ0v) is 13.9. The number of likely N-dealkylation sites (tertiary alicyclic amines) is 1. The number of rotatable bonds is 4. The van der Waals surface area contributed by atoms with Crippen LogP contribution in [0.4, 0.5) is 0 Å². The zero-order chi connectivity index (χ0) is 16.2. The van der Waals surface area contributed by atoms with Crippen molar-refractivity contribution in [2.45, 2.75) is 56.7 Å². The predicted molar refractivity (Wildman–Crippen MR) is 90.1 cm³/mol. The van der Waals surface area contributed by atoms with E-state index in [1.54, 1.807) is 4.90 Å². The first kappa shape index (κ1) is 16.3. The highest BCUT2D eigenvalue weighted by atomic mass is 35.5. The molecule has 2 aliphatic rings. The SMILES string of the molecule is N#C[C@@H]1CCCN1C(=O)[C@@H]1CCC(CCc2ccc(Cl)cc2)N1. The second-order valence-corrected chi connectivity index (χ2v) is 6.91. The van der Waals surface area contributed by atoms with Crippen molar-refractivity contribution in [2.24, 2.45) is 0 Å². The Labute approximate surface area is 142 Å². The second-order valence-electron chi connectivity index (χ2n) is 6.48. The van der Waals surface area contributed by atoms with Gasteiger partial charge in [-0.15, -0.1) is 0 Å². The standard InChI is InChI=1S/C18H22ClN3O/c19-14-6-3-13(4-7-14)5-8-15-9-10-17(21-15)18(23)22-11-1-2-16(22)12-20/h3-4,6-7,15-17,21H,1-2,5,8-11H2/t15?,16-,17-/m0/s1. The van der Waals surface area contributed by atoms with E-state index in [-0.39, 0.29) is 18.0 Å². The Morgan fingerprint density at radius 2 is 2.09 bits per heavy atom. The first-order valence-corrected chi connectivity index (χ1v) is 8.76. The fourth-order valence-corrected chi connectivity index (χ4v) is 3.72. The van der Waals surface area contributed by atoms with Gasteiger partial charge < -0.3 is 10.2 Å². The molecule has 2 aliphatic heterocycles. The molecule has 4 nitrogen and oxygen atoms in total. The Bertz CT molecular complexity index is 595. The van der Waals surface area contributed by atoms with Gasteiger partial charge in [-0.25, -0.2) is 0 Å². The van der Waals surface area contributed by atoms with E-state index >= 15 is 0 Å². The molecular weight excluding hydrogens is 310 g/mol. The van der Waals surface area contributed by atoms with Crippen molar-refractivity contribution in [1.82, 2.24) is 10.2 Å². The number of nitrogens with one attached hydrogen (secondary N) is 1. The lowest BCUT2D eigenvalue weighted by Gasteiger charge is -2.24. The van der Waals surface area contributed by atoms with Gasteiger partial charge in [0, 0.05) is 17.6 Å². The van der Waals surface area contributed by atoms with E-state index in [9.17, 15) is 4.79 Å². The zero-order valence-electron chi connectivity index (χ0n) is 13.2. The number of benzene rings is 1. The van der Waals surface area contributed by atoms with Gasteiger partial charge in [0.1, 0.15) is 6.04 Å². The summed E-state index contributed by atoms with van der Waals surface area (Å²) in [4.78, 5) is 14.3. The molecule has 1 aromatic rings. The van der Waals surface area contributed by atoms with Crippen LogP contribution in [0.3, 0.4) is 0 Å². The van der Waals surface area contributed by atoms with Crippen molar-refractivity contribution < 1.29 is 4.79 Å². The van der Waals surface area contributed by atoms with Gasteiger partial charge >= 0.3 is 0 Å². The minimum absolute atomic E-state index is 0.112. The molecule has 0 aromatic heterocycles. The van der Waals surface area contributed by atoms with Gasteiger partial charge in [-0.1, -0.05) is 23.7 Å². The Kier molecular flexibility index (Phi) is 5.20. The molecule has 2 fully saturated rings. The third-order valence-electron chi connectivity index (χ3n) is 4.92. The van der Waals surface area contributed by atoms with Crippen LogP contribution in [0.15, 0.2) is 24.3 Å². The lowest BCUT2D eigenvalue weighted by atomic mass is 10.0. The van der Waals surface area contributed by atoms with E-state index in [1.165, 1.54) is 5.56 Å². The van der Waals surface area contributed by atoms with Crippen molar-refractivity contribution in [1.29, 1.82) is 5.26 Å². The largest absolute Gasteiger partial charge is 0.325 e. The Morgan fingerprint density at radius 3 is 2.83 bits per heavy atom. The average molecular weight is 332 g/mol. The first-order valence-electron chi connectivity index (χ1n) is 8.38. The number of hydrogen-bond donors (Lipinski definition) is 1. The molecule has 1 N–H and O–H groups in total. The summed E-state index contributed by atoms with van der Waals surface area (Å²) in [6.45, 7) is 0.727. The highest BCUT2D eigenvalue weighted by molar-refractivity contribution is 6.30. The van der Waals surface area contributed by atoms with Gasteiger partial charge in [0.15, 0.2) is 0 Å². The molecule has 0 radical (unpaired) electrons. The topological polar surface area (TPSA) is 56.1 Å². The van der Waals surface area contributed by atoms with Crippen LogP contribution >= 0.6 is 11.6 Å². The Hall–Kier alpha value is -1.57. The minimum Gasteiger partial charge on any atom is -0.325 e. The maximum absolute atomic E-state index is 12.6. The summed E-state index contributed by atoms with van der Waals surface area (Å²) in [5.41, 5.74) is 1.27. The maximum Gasteiger partial charge on any atom is 0.240 e. The summed E-state index contributed by atoms with van der Waals surface area (Å²) >= 11 is 5.90. The molecule has 2 saturated heterocycles. The summed E-state index contributed by atoms with van der Waals surface area (Å²) in [5, 5.41) is 13.4. The van der Waals surface area contributed by atoms with Gasteiger partial charge in [-0.05, 0) is 56.2 Å². The van der Waals surface area contributed by atoms with Gasteiger partial charge in [-0.3, -0.25) is 4.79 Å². The van der Waals surface area contributed by atoms with Gasteiger partial charge in [0.25, 0.3) is 0 Å². The Morgan fingerprint density at radius 1 is 1.30 bits per heavy atom. The van der Waals surface area contributed by atoms with Crippen LogP contribution in [0.2, 0.25) is 5.02 Å². The first-order chi connectivity index (χ1) is 11.2. The van der Waals surface area contributed by atoms with E-state index in [0.717, 1.165) is 50.1 Å². The monoisotopic (exact) mass is 331 g/mol. The number of hydrogen-bond acceptors (Lipinski definition) is 3. The van der Waals surface area contributed by atoms with E-state index < -0.39 is 0 Å². The van der Waals surface area contributed by atoms with Crippen molar-refractivity contribution in [2.75, 3.05) is 6.54 Å². The van der Waals surface area contributed by atoms with Crippen LogP contribution in [0.5, 0.6) is 0 Å². The molecule has 0 spiro atoms. The highest BCUT2D eigenvalue weighted by Crippen LogP contribution is 2.23. The molecule has 1 amide bonds. The highest BCUT2D eigenvalue weighted by Gasteiger charge is 2.36. The molecular formula is C18H22ClN3O. The number of nitriles is 1. The molecule has 0 bridgehead atoms. The average Bonchev–Trinajstić information content (AvgIpc) is 3.23. The van der Waals surface area contributed by atoms with E-state index in [2.05, 4.69) is 23.5 Å². The normalized spacial score (nSPS) is 27.1. The lowest BCUT2D eigenvalue weighted by molar-refractivity contribution is -0.133. The summed E-state index contributed by atoms with van der Waals surface area (Å²) in [5.74, 6) is 0.114. The smallest absolute Gasteiger partial charge is 0.240 e. The van der Waals surface area contributed by atoms with Crippen LogP contribution in [0.1, 0.15) is 37.7 Å².